The Morgan fingerprint density at radius 2 is 2.19 bits per heavy atom. The minimum atomic E-state index is -0.749. The SMILES string of the molecule is CC(NCCS(=O)C(C)(C)C)C1CCOC1. The van der Waals surface area contributed by atoms with Crippen molar-refractivity contribution in [2.24, 2.45) is 5.92 Å². The van der Waals surface area contributed by atoms with Gasteiger partial charge in [0.1, 0.15) is 0 Å². The van der Waals surface area contributed by atoms with Gasteiger partial charge in [-0.2, -0.15) is 0 Å². The van der Waals surface area contributed by atoms with Gasteiger partial charge in [-0.05, 0) is 40.0 Å². The lowest BCUT2D eigenvalue weighted by molar-refractivity contribution is 0.178. The fourth-order valence-electron chi connectivity index (χ4n) is 1.80. The zero-order valence-electron chi connectivity index (χ0n) is 10.9. The van der Waals surface area contributed by atoms with Gasteiger partial charge in [0.15, 0.2) is 0 Å². The van der Waals surface area contributed by atoms with Crippen molar-refractivity contribution in [1.29, 1.82) is 0 Å². The van der Waals surface area contributed by atoms with Crippen molar-refractivity contribution in [3.05, 3.63) is 0 Å². The number of hydrogen-bond acceptors (Lipinski definition) is 3. The number of nitrogens with one attached hydrogen (secondary N) is 1. The van der Waals surface area contributed by atoms with Gasteiger partial charge in [-0.3, -0.25) is 4.21 Å². The van der Waals surface area contributed by atoms with Crippen LogP contribution in [0.25, 0.3) is 0 Å². The Hall–Kier alpha value is 0.0700. The molecule has 1 heterocycles. The van der Waals surface area contributed by atoms with E-state index in [0.717, 1.165) is 31.9 Å². The average Bonchev–Trinajstić information content (AvgIpc) is 2.68. The van der Waals surface area contributed by atoms with E-state index in [2.05, 4.69) is 12.2 Å². The molecule has 0 spiro atoms. The quantitative estimate of drug-likeness (QED) is 0.801. The normalized spacial score (nSPS) is 25.6. The summed E-state index contributed by atoms with van der Waals surface area (Å²) in [6.45, 7) is 10.9. The molecule has 1 fully saturated rings. The zero-order valence-corrected chi connectivity index (χ0v) is 11.7. The number of hydrogen-bond donors (Lipinski definition) is 1. The summed E-state index contributed by atoms with van der Waals surface area (Å²) in [5.74, 6) is 1.37. The smallest absolute Gasteiger partial charge is 0.0509 e. The molecular formula is C12H25NO2S. The molecule has 0 amide bonds. The molecule has 0 saturated carbocycles. The summed E-state index contributed by atoms with van der Waals surface area (Å²) in [7, 11) is -0.749. The molecule has 16 heavy (non-hydrogen) atoms. The standard InChI is InChI=1S/C12H25NO2S/c1-10(11-5-7-15-9-11)13-6-8-16(14)12(2,3)4/h10-11,13H,5-9H2,1-4H3. The van der Waals surface area contributed by atoms with Crippen molar-refractivity contribution in [2.45, 2.75) is 44.9 Å². The van der Waals surface area contributed by atoms with Gasteiger partial charge < -0.3 is 10.1 Å². The molecule has 1 rings (SSSR count). The van der Waals surface area contributed by atoms with Gasteiger partial charge in [-0.25, -0.2) is 0 Å². The van der Waals surface area contributed by atoms with Gasteiger partial charge in [0, 0.05) is 40.5 Å². The second-order valence-electron chi connectivity index (χ2n) is 5.53. The van der Waals surface area contributed by atoms with Gasteiger partial charge in [0.25, 0.3) is 0 Å². The fourth-order valence-corrected chi connectivity index (χ4v) is 2.71. The second kappa shape index (κ2) is 6.12. The van der Waals surface area contributed by atoms with E-state index in [4.69, 9.17) is 4.74 Å². The van der Waals surface area contributed by atoms with E-state index in [-0.39, 0.29) is 4.75 Å². The lowest BCUT2D eigenvalue weighted by Crippen LogP contribution is -2.38. The summed E-state index contributed by atoms with van der Waals surface area (Å²) in [6, 6.07) is 0.472. The highest BCUT2D eigenvalue weighted by molar-refractivity contribution is 7.86. The molecule has 3 unspecified atom stereocenters. The van der Waals surface area contributed by atoms with E-state index in [1.54, 1.807) is 0 Å². The molecule has 1 aliphatic rings. The Morgan fingerprint density at radius 3 is 2.69 bits per heavy atom. The summed E-state index contributed by atoms with van der Waals surface area (Å²) < 4.78 is 17.1. The van der Waals surface area contributed by atoms with Crippen LogP contribution >= 0.6 is 0 Å². The van der Waals surface area contributed by atoms with E-state index >= 15 is 0 Å². The first-order valence-corrected chi connectivity index (χ1v) is 7.43. The van der Waals surface area contributed by atoms with Crippen molar-refractivity contribution >= 4 is 10.8 Å². The van der Waals surface area contributed by atoms with Crippen LogP contribution in [-0.4, -0.2) is 40.5 Å². The highest BCUT2D eigenvalue weighted by atomic mass is 32.2. The zero-order chi connectivity index (χ0) is 12.2. The first kappa shape index (κ1) is 14.1. The van der Waals surface area contributed by atoms with Gasteiger partial charge in [-0.1, -0.05) is 0 Å². The Balaban J connectivity index is 2.17. The predicted octanol–water partition coefficient (Wildman–Crippen LogP) is 1.55. The van der Waals surface area contributed by atoms with Crippen molar-refractivity contribution in [3.63, 3.8) is 0 Å². The summed E-state index contributed by atoms with van der Waals surface area (Å²) in [5.41, 5.74) is 0. The monoisotopic (exact) mass is 247 g/mol. The summed E-state index contributed by atoms with van der Waals surface area (Å²) in [5, 5.41) is 3.45. The van der Waals surface area contributed by atoms with E-state index in [1.165, 1.54) is 0 Å². The third-order valence-corrected chi connectivity index (χ3v) is 5.05. The maximum absolute atomic E-state index is 11.8. The van der Waals surface area contributed by atoms with Crippen LogP contribution in [0.1, 0.15) is 34.1 Å². The Kier molecular flexibility index (Phi) is 5.41. The molecule has 1 N–H and O–H groups in total. The maximum atomic E-state index is 11.8. The first-order valence-electron chi connectivity index (χ1n) is 6.11. The highest BCUT2D eigenvalue weighted by Crippen LogP contribution is 2.16. The van der Waals surface area contributed by atoms with Crippen molar-refractivity contribution in [1.82, 2.24) is 5.32 Å². The molecule has 0 aliphatic carbocycles. The Labute approximate surface area is 102 Å². The molecule has 0 aromatic carbocycles. The Morgan fingerprint density at radius 1 is 1.50 bits per heavy atom. The molecule has 96 valence electrons. The number of rotatable bonds is 5. The molecule has 3 nitrogen and oxygen atoms in total. The van der Waals surface area contributed by atoms with Crippen LogP contribution in [0.5, 0.6) is 0 Å². The summed E-state index contributed by atoms with van der Waals surface area (Å²) in [4.78, 5) is 0. The maximum Gasteiger partial charge on any atom is 0.0509 e. The molecule has 0 bridgehead atoms. The average molecular weight is 247 g/mol. The molecule has 0 aromatic heterocycles. The third-order valence-electron chi connectivity index (χ3n) is 3.11. The molecule has 4 heteroatoms. The van der Waals surface area contributed by atoms with Crippen LogP contribution in [0.15, 0.2) is 0 Å². The fraction of sp³-hybridized carbons (Fsp3) is 1.00. The van der Waals surface area contributed by atoms with Gasteiger partial charge in [-0.15, -0.1) is 0 Å². The summed E-state index contributed by atoms with van der Waals surface area (Å²) in [6.07, 6.45) is 1.15. The van der Waals surface area contributed by atoms with Gasteiger partial charge >= 0.3 is 0 Å². The van der Waals surface area contributed by atoms with Crippen LogP contribution in [0.4, 0.5) is 0 Å². The molecule has 0 radical (unpaired) electrons. The summed E-state index contributed by atoms with van der Waals surface area (Å²) >= 11 is 0. The molecular weight excluding hydrogens is 222 g/mol. The molecule has 1 aliphatic heterocycles. The molecule has 0 aromatic rings. The number of ether oxygens (including phenoxy) is 1. The highest BCUT2D eigenvalue weighted by Gasteiger charge is 2.23. The minimum absolute atomic E-state index is 0.0958. The second-order valence-corrected chi connectivity index (χ2v) is 7.85. The predicted molar refractivity (Wildman–Crippen MR) is 69.2 cm³/mol. The first-order chi connectivity index (χ1) is 7.41. The minimum Gasteiger partial charge on any atom is -0.381 e. The molecule has 1 saturated heterocycles. The molecule has 3 atom stereocenters. The van der Waals surface area contributed by atoms with Crippen molar-refractivity contribution in [3.8, 4) is 0 Å². The van der Waals surface area contributed by atoms with E-state index in [1.807, 2.05) is 20.8 Å². The van der Waals surface area contributed by atoms with Gasteiger partial charge in [0.05, 0.1) is 6.61 Å². The Bertz CT molecular complexity index is 232. The third kappa shape index (κ3) is 4.52. The lowest BCUT2D eigenvalue weighted by atomic mass is 10.0. The van der Waals surface area contributed by atoms with Crippen LogP contribution in [0.3, 0.4) is 0 Å². The van der Waals surface area contributed by atoms with E-state index in [9.17, 15) is 4.21 Å². The van der Waals surface area contributed by atoms with E-state index in [0.29, 0.717) is 12.0 Å². The topological polar surface area (TPSA) is 38.3 Å². The van der Waals surface area contributed by atoms with E-state index < -0.39 is 10.8 Å². The van der Waals surface area contributed by atoms with Crippen LogP contribution in [-0.2, 0) is 15.5 Å². The van der Waals surface area contributed by atoms with Crippen molar-refractivity contribution in [2.75, 3.05) is 25.5 Å². The van der Waals surface area contributed by atoms with Crippen LogP contribution in [0, 0.1) is 5.92 Å². The largest absolute Gasteiger partial charge is 0.381 e. The van der Waals surface area contributed by atoms with Crippen LogP contribution < -0.4 is 5.32 Å². The lowest BCUT2D eigenvalue weighted by Gasteiger charge is -2.21. The van der Waals surface area contributed by atoms with Crippen molar-refractivity contribution < 1.29 is 8.95 Å². The van der Waals surface area contributed by atoms with Crippen LogP contribution in [0.2, 0.25) is 0 Å². The van der Waals surface area contributed by atoms with Gasteiger partial charge in [0.2, 0.25) is 0 Å².